The van der Waals surface area contributed by atoms with Crippen molar-refractivity contribution in [3.8, 4) is 0 Å². The lowest BCUT2D eigenvalue weighted by atomic mass is 10.2. The van der Waals surface area contributed by atoms with Crippen LogP contribution in [0.4, 0.5) is 0 Å². The standard InChI is InChI=1S/C9H20N2O2S/c1-2-9(10)8-11-4-3-6-14(12,13)7-5-11/h9H,2-8,10H2,1H3/t9-/m0/s1. The predicted molar refractivity (Wildman–Crippen MR) is 58.0 cm³/mol. The molecule has 0 spiro atoms. The fraction of sp³-hybridized carbons (Fsp3) is 1.00. The summed E-state index contributed by atoms with van der Waals surface area (Å²) in [6.07, 6.45) is 1.70. The van der Waals surface area contributed by atoms with Crippen molar-refractivity contribution in [3.05, 3.63) is 0 Å². The monoisotopic (exact) mass is 220 g/mol. The molecule has 1 atom stereocenters. The van der Waals surface area contributed by atoms with E-state index in [0.29, 0.717) is 18.1 Å². The summed E-state index contributed by atoms with van der Waals surface area (Å²) in [6.45, 7) is 4.40. The number of rotatable bonds is 3. The molecule has 1 aliphatic rings. The Hall–Kier alpha value is -0.130. The zero-order chi connectivity index (χ0) is 10.6. The SMILES string of the molecule is CC[C@H](N)CN1CCCS(=O)(=O)CC1. The molecule has 0 aromatic heterocycles. The topological polar surface area (TPSA) is 63.4 Å². The zero-order valence-electron chi connectivity index (χ0n) is 8.78. The largest absolute Gasteiger partial charge is 0.327 e. The van der Waals surface area contributed by atoms with Crippen LogP contribution in [0.5, 0.6) is 0 Å². The molecule has 1 saturated heterocycles. The van der Waals surface area contributed by atoms with Gasteiger partial charge in [0.25, 0.3) is 0 Å². The third-order valence-corrected chi connectivity index (χ3v) is 4.38. The van der Waals surface area contributed by atoms with Crippen LogP contribution >= 0.6 is 0 Å². The smallest absolute Gasteiger partial charge is 0.151 e. The van der Waals surface area contributed by atoms with Crippen molar-refractivity contribution < 1.29 is 8.42 Å². The number of nitrogens with two attached hydrogens (primary N) is 1. The second kappa shape index (κ2) is 5.09. The van der Waals surface area contributed by atoms with Crippen molar-refractivity contribution in [2.75, 3.05) is 31.1 Å². The summed E-state index contributed by atoms with van der Waals surface area (Å²) >= 11 is 0. The van der Waals surface area contributed by atoms with Gasteiger partial charge in [0.15, 0.2) is 9.84 Å². The fourth-order valence-corrected chi connectivity index (χ4v) is 2.94. The lowest BCUT2D eigenvalue weighted by Gasteiger charge is -2.22. The van der Waals surface area contributed by atoms with Crippen molar-refractivity contribution in [1.82, 2.24) is 4.90 Å². The Bertz CT molecular complexity index is 264. The quantitative estimate of drug-likeness (QED) is 0.718. The molecule has 0 radical (unpaired) electrons. The summed E-state index contributed by atoms with van der Waals surface area (Å²) in [4.78, 5) is 2.17. The Morgan fingerprint density at radius 2 is 2.07 bits per heavy atom. The number of nitrogens with zero attached hydrogens (tertiary/aromatic N) is 1. The molecule has 1 heterocycles. The Kier molecular flexibility index (Phi) is 4.34. The Labute approximate surface area is 86.4 Å². The minimum absolute atomic E-state index is 0.177. The van der Waals surface area contributed by atoms with E-state index < -0.39 is 9.84 Å². The molecule has 84 valence electrons. The Morgan fingerprint density at radius 1 is 1.36 bits per heavy atom. The molecule has 4 nitrogen and oxygen atoms in total. The van der Waals surface area contributed by atoms with E-state index >= 15 is 0 Å². The van der Waals surface area contributed by atoms with Crippen LogP contribution in [-0.2, 0) is 9.84 Å². The van der Waals surface area contributed by atoms with Gasteiger partial charge in [0.2, 0.25) is 0 Å². The maximum absolute atomic E-state index is 11.3. The van der Waals surface area contributed by atoms with Crippen molar-refractivity contribution in [1.29, 1.82) is 0 Å². The van der Waals surface area contributed by atoms with Crippen LogP contribution in [-0.4, -0.2) is 50.5 Å². The van der Waals surface area contributed by atoms with Crippen LogP contribution in [0.15, 0.2) is 0 Å². The van der Waals surface area contributed by atoms with Gasteiger partial charge in [0.1, 0.15) is 0 Å². The van der Waals surface area contributed by atoms with E-state index in [0.717, 1.165) is 25.9 Å². The van der Waals surface area contributed by atoms with Gasteiger partial charge < -0.3 is 10.6 Å². The van der Waals surface area contributed by atoms with E-state index in [1.807, 2.05) is 0 Å². The van der Waals surface area contributed by atoms with Crippen molar-refractivity contribution in [3.63, 3.8) is 0 Å². The first-order chi connectivity index (χ1) is 6.53. The van der Waals surface area contributed by atoms with E-state index in [2.05, 4.69) is 11.8 Å². The van der Waals surface area contributed by atoms with E-state index in [4.69, 9.17) is 5.73 Å². The molecule has 0 bridgehead atoms. The Balaban J connectivity index is 2.42. The van der Waals surface area contributed by atoms with Crippen LogP contribution in [0.2, 0.25) is 0 Å². The summed E-state index contributed by atoms with van der Waals surface area (Å²) in [5, 5.41) is 0. The molecule has 1 rings (SSSR count). The van der Waals surface area contributed by atoms with Crippen molar-refractivity contribution in [2.24, 2.45) is 5.73 Å². The molecule has 1 fully saturated rings. The normalized spacial score (nSPS) is 25.6. The molecular weight excluding hydrogens is 200 g/mol. The van der Waals surface area contributed by atoms with Gasteiger partial charge in [0.05, 0.1) is 11.5 Å². The summed E-state index contributed by atoms with van der Waals surface area (Å²) in [5.74, 6) is 0.633. The first-order valence-electron chi connectivity index (χ1n) is 5.22. The minimum Gasteiger partial charge on any atom is -0.327 e. The zero-order valence-corrected chi connectivity index (χ0v) is 9.59. The summed E-state index contributed by atoms with van der Waals surface area (Å²) < 4.78 is 22.6. The molecule has 2 N–H and O–H groups in total. The van der Waals surface area contributed by atoms with E-state index in [1.54, 1.807) is 0 Å². The van der Waals surface area contributed by atoms with Crippen LogP contribution < -0.4 is 5.73 Å². The van der Waals surface area contributed by atoms with Crippen LogP contribution in [0.25, 0.3) is 0 Å². The summed E-state index contributed by atoms with van der Waals surface area (Å²) in [6, 6.07) is 0.177. The second-order valence-corrected chi connectivity index (χ2v) is 6.28. The fourth-order valence-electron chi connectivity index (χ4n) is 1.63. The number of hydrogen-bond acceptors (Lipinski definition) is 4. The van der Waals surface area contributed by atoms with Gasteiger partial charge in [-0.2, -0.15) is 0 Å². The maximum Gasteiger partial charge on any atom is 0.151 e. The van der Waals surface area contributed by atoms with Gasteiger partial charge in [-0.3, -0.25) is 0 Å². The average Bonchev–Trinajstić information content (AvgIpc) is 2.28. The van der Waals surface area contributed by atoms with Gasteiger partial charge in [-0.25, -0.2) is 8.42 Å². The van der Waals surface area contributed by atoms with Crippen molar-refractivity contribution >= 4 is 9.84 Å². The molecule has 14 heavy (non-hydrogen) atoms. The van der Waals surface area contributed by atoms with Crippen molar-refractivity contribution in [2.45, 2.75) is 25.8 Å². The highest BCUT2D eigenvalue weighted by Crippen LogP contribution is 2.05. The van der Waals surface area contributed by atoms with E-state index in [-0.39, 0.29) is 6.04 Å². The number of sulfone groups is 1. The molecule has 0 amide bonds. The summed E-state index contributed by atoms with van der Waals surface area (Å²) in [5.41, 5.74) is 5.83. The average molecular weight is 220 g/mol. The molecular formula is C9H20N2O2S. The van der Waals surface area contributed by atoms with Gasteiger partial charge >= 0.3 is 0 Å². The third-order valence-electron chi connectivity index (χ3n) is 2.67. The van der Waals surface area contributed by atoms with Gasteiger partial charge in [0, 0.05) is 19.1 Å². The van der Waals surface area contributed by atoms with Crippen LogP contribution in [0, 0.1) is 0 Å². The van der Waals surface area contributed by atoms with E-state index in [9.17, 15) is 8.42 Å². The Morgan fingerprint density at radius 3 is 2.71 bits per heavy atom. The molecule has 5 heteroatoms. The molecule has 1 aliphatic heterocycles. The lowest BCUT2D eigenvalue weighted by molar-refractivity contribution is 0.273. The third kappa shape index (κ3) is 3.94. The second-order valence-electron chi connectivity index (χ2n) is 3.97. The van der Waals surface area contributed by atoms with E-state index in [1.165, 1.54) is 0 Å². The highest BCUT2D eigenvalue weighted by molar-refractivity contribution is 7.91. The predicted octanol–water partition coefficient (Wildman–Crippen LogP) is -0.156. The van der Waals surface area contributed by atoms with Crippen LogP contribution in [0.3, 0.4) is 0 Å². The lowest BCUT2D eigenvalue weighted by Crippen LogP contribution is -2.38. The van der Waals surface area contributed by atoms with Gasteiger partial charge in [-0.05, 0) is 19.4 Å². The maximum atomic E-state index is 11.3. The highest BCUT2D eigenvalue weighted by atomic mass is 32.2. The minimum atomic E-state index is -2.78. The molecule has 0 aromatic rings. The van der Waals surface area contributed by atoms with Crippen LogP contribution in [0.1, 0.15) is 19.8 Å². The van der Waals surface area contributed by atoms with Gasteiger partial charge in [-0.1, -0.05) is 6.92 Å². The first-order valence-corrected chi connectivity index (χ1v) is 7.04. The summed E-state index contributed by atoms with van der Waals surface area (Å²) in [7, 11) is -2.78. The number of hydrogen-bond donors (Lipinski definition) is 1. The molecule has 0 saturated carbocycles. The molecule has 0 aliphatic carbocycles. The molecule has 0 unspecified atom stereocenters. The molecule has 0 aromatic carbocycles. The van der Waals surface area contributed by atoms with Gasteiger partial charge in [-0.15, -0.1) is 0 Å². The highest BCUT2D eigenvalue weighted by Gasteiger charge is 2.19. The first kappa shape index (κ1) is 11.9.